The second-order valence-electron chi connectivity index (χ2n) is 6.30. The number of ether oxygens (including phenoxy) is 1. The van der Waals surface area contributed by atoms with Crippen LogP contribution >= 0.6 is 0 Å². The van der Waals surface area contributed by atoms with Crippen molar-refractivity contribution in [2.75, 3.05) is 7.11 Å². The number of hydrogen-bond acceptors (Lipinski definition) is 3. The Labute approximate surface area is 127 Å². The van der Waals surface area contributed by atoms with Gasteiger partial charge in [0.2, 0.25) is 0 Å². The molecule has 0 saturated carbocycles. The minimum absolute atomic E-state index is 0.0485. The molecule has 0 fully saturated rings. The molecule has 2 N–H and O–H groups in total. The van der Waals surface area contributed by atoms with Gasteiger partial charge in [-0.3, -0.25) is 0 Å². The van der Waals surface area contributed by atoms with Crippen molar-refractivity contribution in [2.24, 2.45) is 5.73 Å². The van der Waals surface area contributed by atoms with E-state index in [9.17, 15) is 0 Å². The molecular formula is C17H27N3O. The van der Waals surface area contributed by atoms with Crippen molar-refractivity contribution >= 4 is 11.0 Å². The maximum absolute atomic E-state index is 6.32. The standard InChI is InChI=1S/C17H27N3O/c1-5-10-20-15-9-7-6-8-14(15)19-16(20)11-13(18)12-17(2,3)21-4/h6-9,13H,5,10-12,18H2,1-4H3. The van der Waals surface area contributed by atoms with Crippen LogP contribution in [0.5, 0.6) is 0 Å². The fraction of sp³-hybridized carbons (Fsp3) is 0.588. The average Bonchev–Trinajstić information content (AvgIpc) is 2.77. The lowest BCUT2D eigenvalue weighted by Crippen LogP contribution is -2.35. The Kier molecular flexibility index (Phi) is 5.01. The highest BCUT2D eigenvalue weighted by atomic mass is 16.5. The molecule has 2 rings (SSSR count). The molecule has 21 heavy (non-hydrogen) atoms. The summed E-state index contributed by atoms with van der Waals surface area (Å²) in [4.78, 5) is 4.77. The predicted molar refractivity (Wildman–Crippen MR) is 87.4 cm³/mol. The van der Waals surface area contributed by atoms with E-state index in [4.69, 9.17) is 15.5 Å². The van der Waals surface area contributed by atoms with E-state index in [-0.39, 0.29) is 11.6 Å². The van der Waals surface area contributed by atoms with Gasteiger partial charge < -0.3 is 15.0 Å². The van der Waals surface area contributed by atoms with Gasteiger partial charge in [0.25, 0.3) is 0 Å². The van der Waals surface area contributed by atoms with Gasteiger partial charge in [-0.1, -0.05) is 19.1 Å². The molecule has 1 aromatic carbocycles. The molecule has 0 radical (unpaired) electrons. The van der Waals surface area contributed by atoms with Crippen LogP contribution in [-0.2, 0) is 17.7 Å². The van der Waals surface area contributed by atoms with Crippen LogP contribution in [0.4, 0.5) is 0 Å². The highest BCUT2D eigenvalue weighted by Gasteiger charge is 2.22. The van der Waals surface area contributed by atoms with Gasteiger partial charge in [0.15, 0.2) is 0 Å². The molecule has 1 heterocycles. The fourth-order valence-electron chi connectivity index (χ4n) is 2.78. The second-order valence-corrected chi connectivity index (χ2v) is 6.30. The molecule has 1 unspecified atom stereocenters. The molecule has 2 aromatic rings. The zero-order chi connectivity index (χ0) is 15.5. The molecule has 0 amide bonds. The molecule has 1 atom stereocenters. The molecule has 116 valence electrons. The number of imidazole rings is 1. The Morgan fingerprint density at radius 3 is 2.71 bits per heavy atom. The van der Waals surface area contributed by atoms with Crippen LogP contribution in [-0.4, -0.2) is 28.3 Å². The second kappa shape index (κ2) is 6.58. The lowest BCUT2D eigenvalue weighted by atomic mass is 9.97. The Morgan fingerprint density at radius 1 is 1.33 bits per heavy atom. The number of rotatable bonds is 7. The lowest BCUT2D eigenvalue weighted by Gasteiger charge is -2.26. The minimum Gasteiger partial charge on any atom is -0.379 e. The molecule has 4 nitrogen and oxygen atoms in total. The van der Waals surface area contributed by atoms with Crippen LogP contribution in [0.3, 0.4) is 0 Å². The van der Waals surface area contributed by atoms with Crippen LogP contribution in [0.15, 0.2) is 24.3 Å². The Balaban J connectivity index is 2.23. The number of aromatic nitrogens is 2. The average molecular weight is 289 g/mol. The Hall–Kier alpha value is -1.39. The summed E-state index contributed by atoms with van der Waals surface area (Å²) in [6.45, 7) is 7.31. The number of fused-ring (bicyclic) bond motifs is 1. The van der Waals surface area contributed by atoms with Crippen molar-refractivity contribution in [3.05, 3.63) is 30.1 Å². The summed E-state index contributed by atoms with van der Waals surface area (Å²) in [6.07, 6.45) is 2.69. The van der Waals surface area contributed by atoms with E-state index in [1.54, 1.807) is 7.11 Å². The number of methoxy groups -OCH3 is 1. The van der Waals surface area contributed by atoms with E-state index >= 15 is 0 Å². The first-order chi connectivity index (χ1) is 9.96. The highest BCUT2D eigenvalue weighted by Crippen LogP contribution is 2.20. The van der Waals surface area contributed by atoms with Gasteiger partial charge in [-0.05, 0) is 38.8 Å². The maximum atomic E-state index is 6.32. The third kappa shape index (κ3) is 3.83. The number of aryl methyl sites for hydroxylation is 1. The first-order valence-electron chi connectivity index (χ1n) is 7.71. The summed E-state index contributed by atoms with van der Waals surface area (Å²) in [7, 11) is 1.74. The van der Waals surface area contributed by atoms with Gasteiger partial charge in [-0.2, -0.15) is 0 Å². The van der Waals surface area contributed by atoms with Crippen molar-refractivity contribution in [3.8, 4) is 0 Å². The van der Waals surface area contributed by atoms with Crippen molar-refractivity contribution in [1.82, 2.24) is 9.55 Å². The Morgan fingerprint density at radius 2 is 2.05 bits per heavy atom. The highest BCUT2D eigenvalue weighted by molar-refractivity contribution is 5.75. The molecule has 0 aliphatic rings. The first-order valence-corrected chi connectivity index (χ1v) is 7.71. The largest absolute Gasteiger partial charge is 0.379 e. The van der Waals surface area contributed by atoms with Crippen LogP contribution in [0.1, 0.15) is 39.4 Å². The first kappa shape index (κ1) is 16.0. The number of para-hydroxylation sites is 2. The molecule has 0 bridgehead atoms. The summed E-state index contributed by atoms with van der Waals surface area (Å²) in [6, 6.07) is 8.34. The summed E-state index contributed by atoms with van der Waals surface area (Å²) in [5.41, 5.74) is 8.38. The van der Waals surface area contributed by atoms with Gasteiger partial charge in [0.1, 0.15) is 5.82 Å². The van der Waals surface area contributed by atoms with Crippen LogP contribution in [0, 0.1) is 0 Å². The molecule has 0 saturated heterocycles. The Bertz CT molecular complexity index is 589. The zero-order valence-corrected chi connectivity index (χ0v) is 13.6. The summed E-state index contributed by atoms with van der Waals surface area (Å²) in [5, 5.41) is 0. The van der Waals surface area contributed by atoms with Gasteiger partial charge in [0, 0.05) is 26.1 Å². The smallest absolute Gasteiger partial charge is 0.111 e. The zero-order valence-electron chi connectivity index (χ0n) is 13.6. The maximum Gasteiger partial charge on any atom is 0.111 e. The van der Waals surface area contributed by atoms with Gasteiger partial charge >= 0.3 is 0 Å². The molecule has 1 aromatic heterocycles. The molecule has 0 spiro atoms. The number of nitrogens with two attached hydrogens (primary N) is 1. The third-order valence-corrected chi connectivity index (χ3v) is 3.93. The quantitative estimate of drug-likeness (QED) is 0.852. The van der Waals surface area contributed by atoms with Crippen molar-refractivity contribution in [2.45, 2.75) is 58.2 Å². The van der Waals surface area contributed by atoms with E-state index in [1.165, 1.54) is 5.52 Å². The van der Waals surface area contributed by atoms with Gasteiger partial charge in [-0.15, -0.1) is 0 Å². The van der Waals surface area contributed by atoms with E-state index in [0.717, 1.165) is 37.1 Å². The van der Waals surface area contributed by atoms with Gasteiger partial charge in [0.05, 0.1) is 16.6 Å². The number of benzene rings is 1. The predicted octanol–water partition coefficient (Wildman–Crippen LogP) is 3.13. The fourth-order valence-corrected chi connectivity index (χ4v) is 2.78. The minimum atomic E-state index is -0.193. The summed E-state index contributed by atoms with van der Waals surface area (Å²) >= 11 is 0. The molecule has 4 heteroatoms. The summed E-state index contributed by atoms with van der Waals surface area (Å²) in [5.74, 6) is 1.08. The molecule has 0 aliphatic heterocycles. The van der Waals surface area contributed by atoms with Crippen molar-refractivity contribution in [1.29, 1.82) is 0 Å². The lowest BCUT2D eigenvalue weighted by molar-refractivity contribution is 0.0100. The van der Waals surface area contributed by atoms with Crippen LogP contribution in [0.2, 0.25) is 0 Å². The summed E-state index contributed by atoms with van der Waals surface area (Å²) < 4.78 is 7.78. The van der Waals surface area contributed by atoms with E-state index < -0.39 is 0 Å². The van der Waals surface area contributed by atoms with Crippen LogP contribution in [0.25, 0.3) is 11.0 Å². The van der Waals surface area contributed by atoms with Crippen LogP contribution < -0.4 is 5.73 Å². The number of hydrogen-bond donors (Lipinski definition) is 1. The van der Waals surface area contributed by atoms with E-state index in [0.29, 0.717) is 0 Å². The molecular weight excluding hydrogens is 262 g/mol. The van der Waals surface area contributed by atoms with E-state index in [2.05, 4.69) is 43.5 Å². The molecule has 0 aliphatic carbocycles. The topological polar surface area (TPSA) is 53.1 Å². The van der Waals surface area contributed by atoms with Gasteiger partial charge in [-0.25, -0.2) is 4.98 Å². The normalized spacial score (nSPS) is 13.8. The monoisotopic (exact) mass is 289 g/mol. The SMILES string of the molecule is CCCn1c(CC(N)CC(C)(C)OC)nc2ccccc21. The van der Waals surface area contributed by atoms with Crippen molar-refractivity contribution < 1.29 is 4.74 Å². The number of nitrogens with zero attached hydrogens (tertiary/aromatic N) is 2. The van der Waals surface area contributed by atoms with E-state index in [1.807, 2.05) is 6.07 Å². The third-order valence-electron chi connectivity index (χ3n) is 3.93. The van der Waals surface area contributed by atoms with Crippen molar-refractivity contribution in [3.63, 3.8) is 0 Å².